The largest absolute Gasteiger partial charge is 0.457 e. The zero-order valence-corrected chi connectivity index (χ0v) is 14.6. The minimum absolute atomic E-state index is 0.255. The molecule has 0 unspecified atom stereocenters. The van der Waals surface area contributed by atoms with Crippen LogP contribution in [0.4, 0.5) is 15.8 Å². The second kappa shape index (κ2) is 7.96. The van der Waals surface area contributed by atoms with Crippen LogP contribution in [0.5, 0.6) is 11.5 Å². The van der Waals surface area contributed by atoms with Gasteiger partial charge in [-0.2, -0.15) is 0 Å². The van der Waals surface area contributed by atoms with Gasteiger partial charge in [0.15, 0.2) is 5.11 Å². The smallest absolute Gasteiger partial charge is 0.175 e. The summed E-state index contributed by atoms with van der Waals surface area (Å²) in [5.41, 5.74) is 1.01. The summed E-state index contributed by atoms with van der Waals surface area (Å²) in [6.07, 6.45) is 0. The summed E-state index contributed by atoms with van der Waals surface area (Å²) < 4.78 is 19.5. The number of para-hydroxylation sites is 1. The van der Waals surface area contributed by atoms with Crippen LogP contribution in [-0.2, 0) is 0 Å². The van der Waals surface area contributed by atoms with Crippen molar-refractivity contribution in [3.8, 4) is 11.5 Å². The maximum Gasteiger partial charge on any atom is 0.175 e. The molecule has 0 aliphatic carbocycles. The van der Waals surface area contributed by atoms with Crippen LogP contribution in [0.25, 0.3) is 0 Å². The highest BCUT2D eigenvalue weighted by molar-refractivity contribution is 7.80. The lowest BCUT2D eigenvalue weighted by molar-refractivity contribution is 0.483. The van der Waals surface area contributed by atoms with E-state index in [1.807, 2.05) is 54.6 Å². The second-order valence-electron chi connectivity index (χ2n) is 5.14. The van der Waals surface area contributed by atoms with E-state index in [2.05, 4.69) is 10.6 Å². The summed E-state index contributed by atoms with van der Waals surface area (Å²) in [4.78, 5) is 0. The van der Waals surface area contributed by atoms with Crippen molar-refractivity contribution in [3.05, 3.63) is 83.6 Å². The molecule has 0 aromatic heterocycles. The second-order valence-corrected chi connectivity index (χ2v) is 5.99. The monoisotopic (exact) mass is 372 g/mol. The molecular weight excluding hydrogens is 359 g/mol. The number of halogens is 2. The standard InChI is InChI=1S/C19H14ClFN2OS/c20-13-6-11-18(17(21)12-13)23-19(25)22-14-7-9-16(10-8-14)24-15-4-2-1-3-5-15/h1-12H,(H2,22,23,25). The molecule has 3 nitrogen and oxygen atoms in total. The van der Waals surface area contributed by atoms with E-state index in [1.54, 1.807) is 6.07 Å². The highest BCUT2D eigenvalue weighted by atomic mass is 35.5. The summed E-state index contributed by atoms with van der Waals surface area (Å²) in [5.74, 6) is 1.00. The van der Waals surface area contributed by atoms with E-state index < -0.39 is 5.82 Å². The van der Waals surface area contributed by atoms with Gasteiger partial charge in [-0.1, -0.05) is 29.8 Å². The van der Waals surface area contributed by atoms with Crippen LogP contribution in [0, 0.1) is 5.82 Å². The van der Waals surface area contributed by atoms with E-state index >= 15 is 0 Å². The molecule has 6 heteroatoms. The third kappa shape index (κ3) is 4.92. The van der Waals surface area contributed by atoms with Gasteiger partial charge < -0.3 is 15.4 Å². The topological polar surface area (TPSA) is 33.3 Å². The zero-order valence-electron chi connectivity index (χ0n) is 13.0. The number of nitrogens with one attached hydrogen (secondary N) is 2. The molecule has 3 rings (SSSR count). The Morgan fingerprint density at radius 2 is 1.56 bits per heavy atom. The van der Waals surface area contributed by atoms with Gasteiger partial charge in [0.25, 0.3) is 0 Å². The molecule has 0 radical (unpaired) electrons. The van der Waals surface area contributed by atoms with Crippen LogP contribution < -0.4 is 15.4 Å². The van der Waals surface area contributed by atoms with Crippen LogP contribution in [0.2, 0.25) is 5.02 Å². The molecule has 0 bridgehead atoms. The van der Waals surface area contributed by atoms with Gasteiger partial charge >= 0.3 is 0 Å². The Morgan fingerprint density at radius 3 is 2.24 bits per heavy atom. The summed E-state index contributed by atoms with van der Waals surface area (Å²) in [7, 11) is 0. The molecule has 3 aromatic rings. The SMILES string of the molecule is Fc1cc(Cl)ccc1NC(=S)Nc1ccc(Oc2ccccc2)cc1. The fourth-order valence-electron chi connectivity index (χ4n) is 2.11. The third-order valence-corrected chi connectivity index (χ3v) is 3.71. The lowest BCUT2D eigenvalue weighted by Gasteiger charge is -2.12. The first kappa shape index (κ1) is 17.2. The Morgan fingerprint density at radius 1 is 0.880 bits per heavy atom. The normalized spacial score (nSPS) is 10.2. The van der Waals surface area contributed by atoms with Gasteiger partial charge in [0, 0.05) is 10.7 Å². The van der Waals surface area contributed by atoms with E-state index in [1.165, 1.54) is 12.1 Å². The van der Waals surface area contributed by atoms with Crippen molar-refractivity contribution in [2.75, 3.05) is 10.6 Å². The molecule has 0 saturated heterocycles. The number of anilines is 2. The maximum atomic E-state index is 13.8. The Hall–Kier alpha value is -2.63. The molecule has 126 valence electrons. The first-order valence-electron chi connectivity index (χ1n) is 7.46. The van der Waals surface area contributed by atoms with Gasteiger partial charge in [0.05, 0.1) is 5.69 Å². The van der Waals surface area contributed by atoms with Gasteiger partial charge in [-0.05, 0) is 66.8 Å². The number of hydrogen-bond donors (Lipinski definition) is 2. The zero-order chi connectivity index (χ0) is 17.6. The quantitative estimate of drug-likeness (QED) is 0.544. The van der Waals surface area contributed by atoms with Gasteiger partial charge in [-0.3, -0.25) is 0 Å². The average molecular weight is 373 g/mol. The van der Waals surface area contributed by atoms with E-state index in [0.717, 1.165) is 11.4 Å². The number of rotatable bonds is 4. The first-order valence-corrected chi connectivity index (χ1v) is 8.25. The predicted octanol–water partition coefficient (Wildman–Crippen LogP) is 6.08. The number of benzene rings is 3. The minimum Gasteiger partial charge on any atom is -0.457 e. The van der Waals surface area contributed by atoms with Crippen LogP contribution in [0.1, 0.15) is 0 Å². The molecule has 3 aromatic carbocycles. The predicted molar refractivity (Wildman–Crippen MR) is 104 cm³/mol. The molecule has 25 heavy (non-hydrogen) atoms. The van der Waals surface area contributed by atoms with E-state index in [9.17, 15) is 4.39 Å². The molecule has 0 heterocycles. The van der Waals surface area contributed by atoms with Crippen molar-refractivity contribution in [1.29, 1.82) is 0 Å². The van der Waals surface area contributed by atoms with E-state index in [0.29, 0.717) is 10.8 Å². The van der Waals surface area contributed by atoms with Crippen molar-refractivity contribution < 1.29 is 9.13 Å². The molecule has 0 aliphatic rings. The van der Waals surface area contributed by atoms with E-state index in [4.69, 9.17) is 28.6 Å². The Labute approximate surface area is 155 Å². The molecule has 2 N–H and O–H groups in total. The van der Waals surface area contributed by atoms with Crippen LogP contribution in [0.3, 0.4) is 0 Å². The molecule has 0 amide bonds. The molecule has 0 aliphatic heterocycles. The van der Waals surface area contributed by atoms with Gasteiger partial charge in [0.1, 0.15) is 17.3 Å². The Balaban J connectivity index is 1.60. The van der Waals surface area contributed by atoms with Crippen molar-refractivity contribution in [2.45, 2.75) is 0 Å². The molecule has 0 spiro atoms. The fourth-order valence-corrected chi connectivity index (χ4v) is 2.49. The first-order chi connectivity index (χ1) is 12.1. The molecule has 0 saturated carbocycles. The summed E-state index contributed by atoms with van der Waals surface area (Å²) in [6.45, 7) is 0. The van der Waals surface area contributed by atoms with Crippen LogP contribution in [0.15, 0.2) is 72.8 Å². The lowest BCUT2D eigenvalue weighted by atomic mass is 10.3. The van der Waals surface area contributed by atoms with Crippen molar-refractivity contribution in [3.63, 3.8) is 0 Å². The Kier molecular flexibility index (Phi) is 5.48. The van der Waals surface area contributed by atoms with Crippen molar-refractivity contribution in [2.24, 2.45) is 0 Å². The minimum atomic E-state index is -0.469. The van der Waals surface area contributed by atoms with Crippen LogP contribution in [-0.4, -0.2) is 5.11 Å². The molecule has 0 atom stereocenters. The highest BCUT2D eigenvalue weighted by Crippen LogP contribution is 2.23. The molecule has 0 fully saturated rings. The number of hydrogen-bond acceptors (Lipinski definition) is 2. The highest BCUT2D eigenvalue weighted by Gasteiger charge is 2.05. The van der Waals surface area contributed by atoms with Crippen molar-refractivity contribution in [1.82, 2.24) is 0 Å². The van der Waals surface area contributed by atoms with Crippen molar-refractivity contribution >= 4 is 40.3 Å². The average Bonchev–Trinajstić information content (AvgIpc) is 2.60. The summed E-state index contributed by atoms with van der Waals surface area (Å²) in [6, 6.07) is 21.1. The summed E-state index contributed by atoms with van der Waals surface area (Å²) in [5, 5.41) is 6.39. The maximum absolute atomic E-state index is 13.8. The van der Waals surface area contributed by atoms with E-state index in [-0.39, 0.29) is 10.8 Å². The number of thiocarbonyl (C=S) groups is 1. The van der Waals surface area contributed by atoms with Gasteiger partial charge in [0.2, 0.25) is 0 Å². The van der Waals surface area contributed by atoms with Gasteiger partial charge in [-0.25, -0.2) is 4.39 Å². The Bertz CT molecular complexity index is 872. The third-order valence-electron chi connectivity index (χ3n) is 3.27. The van der Waals surface area contributed by atoms with Crippen LogP contribution >= 0.6 is 23.8 Å². The number of ether oxygens (including phenoxy) is 1. The van der Waals surface area contributed by atoms with Gasteiger partial charge in [-0.15, -0.1) is 0 Å². The molecular formula is C19H14ClFN2OS. The summed E-state index contributed by atoms with van der Waals surface area (Å²) >= 11 is 10.9. The fraction of sp³-hybridized carbons (Fsp3) is 0. The lowest BCUT2D eigenvalue weighted by Crippen LogP contribution is -2.19.